The van der Waals surface area contributed by atoms with Gasteiger partial charge in [0.15, 0.2) is 11.4 Å². The van der Waals surface area contributed by atoms with Crippen molar-refractivity contribution in [3.8, 4) is 0 Å². The number of fused-ring (bicyclic) bond motifs is 1. The Bertz CT molecular complexity index is 1420. The summed E-state index contributed by atoms with van der Waals surface area (Å²) in [6, 6.07) is 19.3. The van der Waals surface area contributed by atoms with Gasteiger partial charge in [0, 0.05) is 38.1 Å². The maximum Gasteiger partial charge on any atom is 0.265 e. The number of aromatic nitrogens is 1. The van der Waals surface area contributed by atoms with Crippen LogP contribution in [0, 0.1) is 0 Å². The van der Waals surface area contributed by atoms with Gasteiger partial charge < -0.3 is 9.42 Å². The summed E-state index contributed by atoms with van der Waals surface area (Å²) in [5.41, 5.74) is 1.64. The smallest absolute Gasteiger partial charge is 0.265 e. The fourth-order valence-electron chi connectivity index (χ4n) is 5.07. The summed E-state index contributed by atoms with van der Waals surface area (Å²) in [7, 11) is -3.46. The highest BCUT2D eigenvalue weighted by Crippen LogP contribution is 2.42. The monoisotopic (exact) mass is 462 g/mol. The van der Waals surface area contributed by atoms with Gasteiger partial charge in [0.25, 0.3) is 10.0 Å². The van der Waals surface area contributed by atoms with Crippen LogP contribution < -0.4 is 9.21 Å². The third-order valence-electron chi connectivity index (χ3n) is 6.80. The first-order valence-corrected chi connectivity index (χ1v) is 12.9. The second-order valence-corrected chi connectivity index (χ2v) is 10.6. The van der Waals surface area contributed by atoms with Crippen molar-refractivity contribution in [2.75, 3.05) is 48.5 Å². The molecule has 6 rings (SSSR count). The molecule has 0 spiro atoms. The molecule has 3 aromatic carbocycles. The Morgan fingerprint density at radius 2 is 1.61 bits per heavy atom. The molecule has 0 aliphatic carbocycles. The Morgan fingerprint density at radius 3 is 2.45 bits per heavy atom. The normalized spacial score (nSPS) is 17.9. The van der Waals surface area contributed by atoms with Crippen molar-refractivity contribution < 1.29 is 12.9 Å². The predicted molar refractivity (Wildman–Crippen MR) is 130 cm³/mol. The minimum Gasteiger partial charge on any atom is -0.354 e. The van der Waals surface area contributed by atoms with Gasteiger partial charge in [0.1, 0.15) is 0 Å². The largest absolute Gasteiger partial charge is 0.354 e. The van der Waals surface area contributed by atoms with E-state index in [2.05, 4.69) is 21.0 Å². The summed E-state index contributed by atoms with van der Waals surface area (Å²) in [6.07, 6.45) is 1.79. The number of nitrogens with zero attached hydrogens (tertiary/aromatic N) is 4. The van der Waals surface area contributed by atoms with Crippen LogP contribution in [-0.2, 0) is 10.0 Å². The molecule has 170 valence electrons. The van der Waals surface area contributed by atoms with Crippen LogP contribution >= 0.6 is 0 Å². The Hall–Kier alpha value is -3.10. The molecule has 2 aliphatic rings. The molecule has 4 aromatic rings. The maximum absolute atomic E-state index is 13.1. The molecule has 1 aromatic heterocycles. The van der Waals surface area contributed by atoms with E-state index >= 15 is 0 Å². The van der Waals surface area contributed by atoms with Crippen LogP contribution in [0.15, 0.2) is 70.1 Å². The second-order valence-electron chi connectivity index (χ2n) is 8.75. The Kier molecular flexibility index (Phi) is 4.99. The standard InChI is InChI=1S/C25H26N4O3S/c30-33(31)23-12-6-8-19-7-5-10-21(24(19)23)29(33)14-4-3-13-27-15-17-28(18-16-27)25-20-9-1-2-11-22(20)32-26-25/h1-2,5-12H,3-4,13-18H2. The molecule has 0 amide bonds. The summed E-state index contributed by atoms with van der Waals surface area (Å²) < 4.78 is 33.3. The molecule has 0 radical (unpaired) electrons. The molecule has 8 heteroatoms. The molecule has 0 unspecified atom stereocenters. The maximum atomic E-state index is 13.1. The van der Waals surface area contributed by atoms with Gasteiger partial charge in [-0.3, -0.25) is 9.21 Å². The van der Waals surface area contributed by atoms with Crippen LogP contribution in [0.5, 0.6) is 0 Å². The average molecular weight is 463 g/mol. The first kappa shape index (κ1) is 20.5. The van der Waals surface area contributed by atoms with Crippen molar-refractivity contribution in [1.29, 1.82) is 0 Å². The molecular weight excluding hydrogens is 436 g/mol. The topological polar surface area (TPSA) is 69.9 Å². The lowest BCUT2D eigenvalue weighted by Gasteiger charge is -2.34. The Balaban J connectivity index is 1.04. The summed E-state index contributed by atoms with van der Waals surface area (Å²) in [4.78, 5) is 5.18. The van der Waals surface area contributed by atoms with Crippen molar-refractivity contribution >= 4 is 43.3 Å². The van der Waals surface area contributed by atoms with E-state index in [1.165, 1.54) is 0 Å². The quantitative estimate of drug-likeness (QED) is 0.402. The van der Waals surface area contributed by atoms with Gasteiger partial charge >= 0.3 is 0 Å². The molecule has 2 aliphatic heterocycles. The van der Waals surface area contributed by atoms with Crippen LogP contribution in [0.4, 0.5) is 11.5 Å². The molecule has 7 nitrogen and oxygen atoms in total. The molecule has 0 N–H and O–H groups in total. The van der Waals surface area contributed by atoms with Gasteiger partial charge in [0.05, 0.1) is 16.0 Å². The Labute approximate surface area is 193 Å². The van der Waals surface area contributed by atoms with E-state index in [4.69, 9.17) is 4.52 Å². The lowest BCUT2D eigenvalue weighted by atomic mass is 10.1. The molecule has 33 heavy (non-hydrogen) atoms. The van der Waals surface area contributed by atoms with Crippen LogP contribution in [-0.4, -0.2) is 57.7 Å². The van der Waals surface area contributed by atoms with Crippen LogP contribution in [0.3, 0.4) is 0 Å². The lowest BCUT2D eigenvalue weighted by Crippen LogP contribution is -2.46. The number of para-hydroxylation sites is 1. The van der Waals surface area contributed by atoms with Crippen LogP contribution in [0.1, 0.15) is 12.8 Å². The fraction of sp³-hybridized carbons (Fsp3) is 0.320. The predicted octanol–water partition coefficient (Wildman–Crippen LogP) is 4.09. The van der Waals surface area contributed by atoms with Crippen LogP contribution in [0.25, 0.3) is 21.7 Å². The number of piperazine rings is 1. The van der Waals surface area contributed by atoms with E-state index in [1.807, 2.05) is 48.5 Å². The van der Waals surface area contributed by atoms with E-state index in [-0.39, 0.29) is 0 Å². The van der Waals surface area contributed by atoms with E-state index in [0.29, 0.717) is 11.4 Å². The zero-order valence-corrected chi connectivity index (χ0v) is 19.2. The molecule has 1 saturated heterocycles. The zero-order valence-electron chi connectivity index (χ0n) is 18.4. The molecule has 3 heterocycles. The van der Waals surface area contributed by atoms with Gasteiger partial charge in [-0.2, -0.15) is 0 Å². The number of anilines is 2. The fourth-order valence-corrected chi connectivity index (χ4v) is 6.82. The summed E-state index contributed by atoms with van der Waals surface area (Å²) in [5, 5.41) is 7.18. The van der Waals surface area contributed by atoms with E-state index in [1.54, 1.807) is 10.4 Å². The van der Waals surface area contributed by atoms with Gasteiger partial charge in [-0.15, -0.1) is 0 Å². The second kappa shape index (κ2) is 8.04. The number of hydrogen-bond acceptors (Lipinski definition) is 6. The summed E-state index contributed by atoms with van der Waals surface area (Å²) in [6.45, 7) is 5.24. The zero-order chi connectivity index (χ0) is 22.4. The summed E-state index contributed by atoms with van der Waals surface area (Å²) in [5.74, 6) is 0.929. The third-order valence-corrected chi connectivity index (χ3v) is 8.65. The van der Waals surface area contributed by atoms with Crippen molar-refractivity contribution in [2.45, 2.75) is 17.7 Å². The molecule has 1 fully saturated rings. The number of benzene rings is 3. The number of rotatable bonds is 6. The van der Waals surface area contributed by atoms with Crippen molar-refractivity contribution in [3.63, 3.8) is 0 Å². The SMILES string of the molecule is O=S1(=O)c2cccc3cccc(c23)N1CCCCN1CCN(c2noc3ccccc23)CC1. The van der Waals surface area contributed by atoms with Gasteiger partial charge in [0.2, 0.25) is 0 Å². The average Bonchev–Trinajstić information content (AvgIpc) is 3.36. The Morgan fingerprint density at radius 1 is 0.848 bits per heavy atom. The number of sulfonamides is 1. The van der Waals surface area contributed by atoms with Crippen molar-refractivity contribution in [2.24, 2.45) is 0 Å². The van der Waals surface area contributed by atoms with Gasteiger partial charge in [-0.25, -0.2) is 8.42 Å². The first-order chi connectivity index (χ1) is 16.1. The molecule has 0 atom stereocenters. The summed E-state index contributed by atoms with van der Waals surface area (Å²) >= 11 is 0. The van der Waals surface area contributed by atoms with E-state index in [9.17, 15) is 8.42 Å². The minimum atomic E-state index is -3.46. The molecule has 0 bridgehead atoms. The third kappa shape index (κ3) is 3.45. The minimum absolute atomic E-state index is 0.437. The molecule has 0 saturated carbocycles. The molecular formula is C25H26N4O3S. The highest BCUT2D eigenvalue weighted by molar-refractivity contribution is 7.93. The van der Waals surface area contributed by atoms with Gasteiger partial charge in [-0.1, -0.05) is 41.6 Å². The lowest BCUT2D eigenvalue weighted by molar-refractivity contribution is 0.252. The van der Waals surface area contributed by atoms with Crippen molar-refractivity contribution in [1.82, 2.24) is 10.1 Å². The van der Waals surface area contributed by atoms with E-state index < -0.39 is 10.0 Å². The first-order valence-electron chi connectivity index (χ1n) is 11.5. The highest BCUT2D eigenvalue weighted by Gasteiger charge is 2.35. The number of hydrogen-bond donors (Lipinski definition) is 0. The van der Waals surface area contributed by atoms with Crippen molar-refractivity contribution in [3.05, 3.63) is 60.7 Å². The van der Waals surface area contributed by atoms with Crippen LogP contribution in [0.2, 0.25) is 0 Å². The van der Waals surface area contributed by atoms with Gasteiger partial charge in [-0.05, 0) is 49.0 Å². The highest BCUT2D eigenvalue weighted by atomic mass is 32.2. The number of unbranched alkanes of at least 4 members (excludes halogenated alkanes) is 1. The van der Waals surface area contributed by atoms with E-state index in [0.717, 1.165) is 78.8 Å².